The van der Waals surface area contributed by atoms with E-state index in [0.29, 0.717) is 46.4 Å². The Hall–Kier alpha value is -4.28. The second-order valence-corrected chi connectivity index (χ2v) is 9.80. The molecule has 41 heavy (non-hydrogen) atoms. The molecule has 3 amide bonds. The van der Waals surface area contributed by atoms with E-state index in [1.807, 2.05) is 0 Å². The van der Waals surface area contributed by atoms with Crippen molar-refractivity contribution in [1.82, 2.24) is 4.90 Å². The average Bonchev–Trinajstić information content (AvgIpc) is 3.41. The lowest BCUT2D eigenvalue weighted by molar-refractivity contribution is -0.132. The first-order valence-electron chi connectivity index (χ1n) is 12.9. The van der Waals surface area contributed by atoms with Gasteiger partial charge in [-0.1, -0.05) is 29.8 Å². The average molecular weight is 582 g/mol. The van der Waals surface area contributed by atoms with E-state index in [4.69, 9.17) is 30.5 Å². The second-order valence-electron chi connectivity index (χ2n) is 9.39. The third kappa shape index (κ3) is 7.68. The molecule has 3 aromatic rings. The van der Waals surface area contributed by atoms with Gasteiger partial charge in [-0.05, 0) is 60.5 Å². The molecule has 0 bridgehead atoms. The number of hydrogen-bond acceptors (Lipinski definition) is 7. The molecule has 0 radical (unpaired) electrons. The van der Waals surface area contributed by atoms with Crippen LogP contribution in [-0.4, -0.2) is 69.4 Å². The fraction of sp³-hybridized carbons (Fsp3) is 0.300. The number of carbonyl (C=O) groups is 3. The molecule has 1 aliphatic heterocycles. The number of amides is 3. The van der Waals surface area contributed by atoms with E-state index in [-0.39, 0.29) is 31.1 Å². The summed E-state index contributed by atoms with van der Waals surface area (Å²) in [5.74, 6) is 0.486. The standard InChI is InChI=1S/C30H32ClN3O7/c1-38-23-16-21(18-41-22-11-9-20(10-12-22)29(36)40-3)34(17-23)28(35)15-19-8-13-26(27(14-19)39-2)33-30(37)32-25-7-5-4-6-24(25)31/h4-14,21,23H,15-18H2,1-3H3,(H2,32,33,37). The highest BCUT2D eigenvalue weighted by molar-refractivity contribution is 6.33. The number of esters is 1. The van der Waals surface area contributed by atoms with Gasteiger partial charge in [0.25, 0.3) is 0 Å². The van der Waals surface area contributed by atoms with E-state index < -0.39 is 12.0 Å². The van der Waals surface area contributed by atoms with Crippen LogP contribution in [0.15, 0.2) is 66.7 Å². The summed E-state index contributed by atoms with van der Waals surface area (Å²) in [6.45, 7) is 0.722. The molecule has 4 rings (SSSR count). The Morgan fingerprint density at radius 3 is 2.37 bits per heavy atom. The molecule has 2 atom stereocenters. The maximum absolute atomic E-state index is 13.4. The van der Waals surface area contributed by atoms with Crippen molar-refractivity contribution in [3.63, 3.8) is 0 Å². The number of likely N-dealkylation sites (tertiary alicyclic amines) is 1. The number of halogens is 1. The number of anilines is 2. The Balaban J connectivity index is 1.38. The van der Waals surface area contributed by atoms with Crippen LogP contribution in [0.2, 0.25) is 5.02 Å². The summed E-state index contributed by atoms with van der Waals surface area (Å²) in [6.07, 6.45) is 0.658. The summed E-state index contributed by atoms with van der Waals surface area (Å²) in [5, 5.41) is 5.87. The van der Waals surface area contributed by atoms with Crippen LogP contribution in [0.3, 0.4) is 0 Å². The van der Waals surface area contributed by atoms with Crippen molar-refractivity contribution < 1.29 is 33.3 Å². The molecule has 0 aromatic heterocycles. The number of carbonyl (C=O) groups excluding carboxylic acids is 3. The molecule has 10 nitrogen and oxygen atoms in total. The van der Waals surface area contributed by atoms with Gasteiger partial charge in [0.05, 0.1) is 54.7 Å². The number of rotatable bonds is 10. The van der Waals surface area contributed by atoms with Gasteiger partial charge in [0, 0.05) is 13.7 Å². The molecule has 0 saturated carbocycles. The van der Waals surface area contributed by atoms with Gasteiger partial charge in [0.2, 0.25) is 5.91 Å². The monoisotopic (exact) mass is 581 g/mol. The highest BCUT2D eigenvalue weighted by atomic mass is 35.5. The van der Waals surface area contributed by atoms with Crippen LogP contribution in [0.25, 0.3) is 0 Å². The number of urea groups is 1. The zero-order valence-corrected chi connectivity index (χ0v) is 23.8. The van der Waals surface area contributed by atoms with E-state index in [0.717, 1.165) is 5.56 Å². The van der Waals surface area contributed by atoms with Crippen LogP contribution in [0.1, 0.15) is 22.3 Å². The number of ether oxygens (including phenoxy) is 4. The van der Waals surface area contributed by atoms with E-state index in [1.54, 1.807) is 78.7 Å². The minimum atomic E-state index is -0.481. The number of nitrogens with one attached hydrogen (secondary N) is 2. The van der Waals surface area contributed by atoms with Gasteiger partial charge < -0.3 is 34.5 Å². The third-order valence-electron chi connectivity index (χ3n) is 6.74. The maximum Gasteiger partial charge on any atom is 0.337 e. The van der Waals surface area contributed by atoms with Gasteiger partial charge in [-0.25, -0.2) is 9.59 Å². The molecule has 0 spiro atoms. The summed E-state index contributed by atoms with van der Waals surface area (Å²) >= 11 is 6.12. The van der Waals surface area contributed by atoms with Crippen LogP contribution in [0.4, 0.5) is 16.2 Å². The summed E-state index contributed by atoms with van der Waals surface area (Å²) in [5.41, 5.74) is 2.07. The zero-order valence-electron chi connectivity index (χ0n) is 23.0. The molecular formula is C30H32ClN3O7. The molecule has 1 saturated heterocycles. The molecule has 3 aromatic carbocycles. The lowest BCUT2D eigenvalue weighted by atomic mass is 10.1. The fourth-order valence-corrected chi connectivity index (χ4v) is 4.75. The molecule has 1 fully saturated rings. The Labute approximate surface area is 243 Å². The number of benzene rings is 3. The first kappa shape index (κ1) is 29.7. The van der Waals surface area contributed by atoms with Gasteiger partial charge in [0.15, 0.2) is 0 Å². The minimum absolute atomic E-state index is 0.0848. The Morgan fingerprint density at radius 1 is 0.951 bits per heavy atom. The van der Waals surface area contributed by atoms with Gasteiger partial charge in [-0.2, -0.15) is 0 Å². The second kappa shape index (κ2) is 13.9. The molecule has 1 aliphatic rings. The van der Waals surface area contributed by atoms with Crippen molar-refractivity contribution in [2.45, 2.75) is 25.0 Å². The topological polar surface area (TPSA) is 115 Å². The quantitative estimate of drug-likeness (QED) is 0.323. The lowest BCUT2D eigenvalue weighted by Gasteiger charge is -2.25. The van der Waals surface area contributed by atoms with Gasteiger partial charge in [0.1, 0.15) is 18.1 Å². The van der Waals surface area contributed by atoms with Crippen LogP contribution in [0.5, 0.6) is 11.5 Å². The van der Waals surface area contributed by atoms with E-state index in [9.17, 15) is 14.4 Å². The summed E-state index contributed by atoms with van der Waals surface area (Å²) in [7, 11) is 4.45. The SMILES string of the molecule is COC(=O)c1ccc(OCC2CC(OC)CN2C(=O)Cc2ccc(NC(=O)Nc3ccccc3Cl)c(OC)c2)cc1. The van der Waals surface area contributed by atoms with Gasteiger partial charge >= 0.3 is 12.0 Å². The summed E-state index contributed by atoms with van der Waals surface area (Å²) in [4.78, 5) is 39.3. The van der Waals surface area contributed by atoms with Crippen LogP contribution >= 0.6 is 11.6 Å². The largest absolute Gasteiger partial charge is 0.495 e. The van der Waals surface area contributed by atoms with Crippen molar-refractivity contribution in [3.8, 4) is 11.5 Å². The first-order chi connectivity index (χ1) is 19.8. The fourth-order valence-electron chi connectivity index (χ4n) is 4.57. The van der Waals surface area contributed by atoms with Crippen molar-refractivity contribution in [1.29, 1.82) is 0 Å². The van der Waals surface area contributed by atoms with Gasteiger partial charge in [-0.3, -0.25) is 4.79 Å². The highest BCUT2D eigenvalue weighted by Crippen LogP contribution is 2.28. The lowest BCUT2D eigenvalue weighted by Crippen LogP contribution is -2.40. The Morgan fingerprint density at radius 2 is 1.68 bits per heavy atom. The first-order valence-corrected chi connectivity index (χ1v) is 13.3. The van der Waals surface area contributed by atoms with Gasteiger partial charge in [-0.15, -0.1) is 0 Å². The Kier molecular flexibility index (Phi) is 10.0. The highest BCUT2D eigenvalue weighted by Gasteiger charge is 2.35. The summed E-state index contributed by atoms with van der Waals surface area (Å²) in [6, 6.07) is 18.1. The number of hydrogen-bond donors (Lipinski definition) is 2. The zero-order chi connectivity index (χ0) is 29.4. The van der Waals surface area contributed by atoms with Crippen molar-refractivity contribution >= 4 is 40.9 Å². The molecule has 1 heterocycles. The van der Waals surface area contributed by atoms with Crippen molar-refractivity contribution in [2.24, 2.45) is 0 Å². The van der Waals surface area contributed by atoms with Crippen molar-refractivity contribution in [2.75, 3.05) is 45.1 Å². The predicted octanol–water partition coefficient (Wildman–Crippen LogP) is 5.02. The summed E-state index contributed by atoms with van der Waals surface area (Å²) < 4.78 is 21.7. The number of nitrogens with zero attached hydrogens (tertiary/aromatic N) is 1. The molecular weight excluding hydrogens is 550 g/mol. The molecule has 11 heteroatoms. The Bertz CT molecular complexity index is 1380. The van der Waals surface area contributed by atoms with Crippen LogP contribution < -0.4 is 20.1 Å². The molecule has 0 aliphatic carbocycles. The normalized spacial score (nSPS) is 16.1. The van der Waals surface area contributed by atoms with Crippen molar-refractivity contribution in [3.05, 3.63) is 82.9 Å². The third-order valence-corrected chi connectivity index (χ3v) is 7.07. The predicted molar refractivity (Wildman–Crippen MR) is 155 cm³/mol. The molecule has 2 unspecified atom stereocenters. The smallest absolute Gasteiger partial charge is 0.337 e. The minimum Gasteiger partial charge on any atom is -0.495 e. The number of para-hydroxylation sites is 1. The van der Waals surface area contributed by atoms with Crippen LogP contribution in [0, 0.1) is 0 Å². The maximum atomic E-state index is 13.4. The molecule has 2 N–H and O–H groups in total. The van der Waals surface area contributed by atoms with E-state index in [2.05, 4.69) is 10.6 Å². The van der Waals surface area contributed by atoms with E-state index in [1.165, 1.54) is 14.2 Å². The number of methoxy groups -OCH3 is 3. The van der Waals surface area contributed by atoms with Crippen LogP contribution in [-0.2, 0) is 20.7 Å². The molecule has 216 valence electrons. The van der Waals surface area contributed by atoms with E-state index >= 15 is 0 Å².